The third-order valence-corrected chi connectivity index (χ3v) is 5.20. The Morgan fingerprint density at radius 3 is 2.60 bits per heavy atom. The van der Waals surface area contributed by atoms with E-state index in [1.165, 1.54) is 7.11 Å². The van der Waals surface area contributed by atoms with Crippen molar-refractivity contribution in [3.05, 3.63) is 35.9 Å². The van der Waals surface area contributed by atoms with Gasteiger partial charge in [0.15, 0.2) is 0 Å². The Morgan fingerprint density at radius 2 is 2.05 bits per heavy atom. The van der Waals surface area contributed by atoms with Crippen molar-refractivity contribution in [2.75, 3.05) is 13.7 Å². The van der Waals surface area contributed by atoms with Gasteiger partial charge in [-0.25, -0.2) is 8.42 Å². The van der Waals surface area contributed by atoms with Gasteiger partial charge in [0.05, 0.1) is 11.9 Å². The van der Waals surface area contributed by atoms with Crippen LogP contribution in [0, 0.1) is 0 Å². The summed E-state index contributed by atoms with van der Waals surface area (Å²) in [6, 6.07) is 7.67. The molecule has 0 saturated carbocycles. The number of carboxylic acid groups (broad SMARTS) is 1. The molecule has 0 aromatic heterocycles. The van der Waals surface area contributed by atoms with E-state index in [-0.39, 0.29) is 24.8 Å². The van der Waals surface area contributed by atoms with Crippen LogP contribution in [0.2, 0.25) is 0 Å². The fraction of sp³-hybridized carbons (Fsp3) is 0.462. The van der Waals surface area contributed by atoms with Crippen LogP contribution in [0.5, 0.6) is 0 Å². The van der Waals surface area contributed by atoms with Crippen molar-refractivity contribution in [3.63, 3.8) is 0 Å². The maximum absolute atomic E-state index is 12.4. The van der Waals surface area contributed by atoms with Crippen LogP contribution in [0.15, 0.2) is 30.3 Å². The lowest BCUT2D eigenvalue weighted by Gasteiger charge is -2.20. The monoisotopic (exact) mass is 299 g/mol. The van der Waals surface area contributed by atoms with Crippen molar-refractivity contribution >= 4 is 16.0 Å². The summed E-state index contributed by atoms with van der Waals surface area (Å²) in [5.41, 5.74) is 0.637. The van der Waals surface area contributed by atoms with Gasteiger partial charge in [-0.3, -0.25) is 4.79 Å². The third-order valence-electron chi connectivity index (χ3n) is 3.38. The van der Waals surface area contributed by atoms with Crippen LogP contribution in [0.1, 0.15) is 12.0 Å². The number of nitrogens with zero attached hydrogens (tertiary/aromatic N) is 1. The number of hydrogen-bond acceptors (Lipinski definition) is 4. The molecule has 1 aromatic carbocycles. The largest absolute Gasteiger partial charge is 0.480 e. The number of rotatable bonds is 5. The van der Waals surface area contributed by atoms with E-state index in [1.807, 2.05) is 0 Å². The lowest BCUT2D eigenvalue weighted by molar-refractivity contribution is -0.140. The maximum atomic E-state index is 12.4. The minimum absolute atomic E-state index is 0.0859. The molecule has 1 aliphatic heterocycles. The van der Waals surface area contributed by atoms with E-state index in [0.717, 1.165) is 4.31 Å². The maximum Gasteiger partial charge on any atom is 0.322 e. The van der Waals surface area contributed by atoms with Crippen molar-refractivity contribution < 1.29 is 23.1 Å². The SMILES string of the molecule is COC1CC(C(=O)O)N(S(=O)(=O)Cc2ccccc2)C1. The lowest BCUT2D eigenvalue weighted by Crippen LogP contribution is -2.41. The zero-order valence-corrected chi connectivity index (χ0v) is 11.9. The van der Waals surface area contributed by atoms with Crippen molar-refractivity contribution in [1.82, 2.24) is 4.31 Å². The molecule has 0 spiro atoms. The summed E-state index contributed by atoms with van der Waals surface area (Å²) in [6.45, 7) is 0.0859. The number of aliphatic carboxylic acids is 1. The molecule has 1 heterocycles. The van der Waals surface area contributed by atoms with E-state index in [1.54, 1.807) is 30.3 Å². The molecule has 0 bridgehead atoms. The first-order chi connectivity index (χ1) is 9.44. The second-order valence-electron chi connectivity index (χ2n) is 4.76. The number of ether oxygens (including phenoxy) is 1. The summed E-state index contributed by atoms with van der Waals surface area (Å²) < 4.78 is 30.9. The van der Waals surface area contributed by atoms with E-state index < -0.39 is 22.0 Å². The molecule has 110 valence electrons. The van der Waals surface area contributed by atoms with Crippen molar-refractivity contribution in [3.8, 4) is 0 Å². The Morgan fingerprint density at radius 1 is 1.40 bits per heavy atom. The van der Waals surface area contributed by atoms with Gasteiger partial charge in [-0.05, 0) is 5.56 Å². The number of hydrogen-bond donors (Lipinski definition) is 1. The van der Waals surface area contributed by atoms with E-state index >= 15 is 0 Å². The Kier molecular flexibility index (Phi) is 4.42. The third kappa shape index (κ3) is 3.17. The molecule has 1 saturated heterocycles. The predicted molar refractivity (Wildman–Crippen MR) is 72.6 cm³/mol. The first kappa shape index (κ1) is 15.0. The Hall–Kier alpha value is -1.44. The smallest absolute Gasteiger partial charge is 0.322 e. The van der Waals surface area contributed by atoms with Crippen molar-refractivity contribution in [2.45, 2.75) is 24.3 Å². The molecule has 1 aromatic rings. The average molecular weight is 299 g/mol. The molecule has 2 unspecified atom stereocenters. The van der Waals surface area contributed by atoms with Crippen LogP contribution in [-0.2, 0) is 25.3 Å². The molecule has 20 heavy (non-hydrogen) atoms. The molecule has 7 heteroatoms. The molecule has 2 atom stereocenters. The predicted octanol–water partition coefficient (Wildman–Crippen LogP) is 0.690. The van der Waals surface area contributed by atoms with E-state index in [0.29, 0.717) is 5.56 Å². The number of methoxy groups -OCH3 is 1. The van der Waals surface area contributed by atoms with Crippen molar-refractivity contribution in [1.29, 1.82) is 0 Å². The quantitative estimate of drug-likeness (QED) is 0.865. The highest BCUT2D eigenvalue weighted by Gasteiger charge is 2.43. The molecule has 1 aliphatic rings. The van der Waals surface area contributed by atoms with E-state index in [2.05, 4.69) is 0 Å². The second kappa shape index (κ2) is 5.90. The van der Waals surface area contributed by atoms with Gasteiger partial charge in [0.25, 0.3) is 0 Å². The topological polar surface area (TPSA) is 83.9 Å². The minimum Gasteiger partial charge on any atom is -0.480 e. The first-order valence-electron chi connectivity index (χ1n) is 6.23. The van der Waals surface area contributed by atoms with Crippen LogP contribution in [-0.4, -0.2) is 49.6 Å². The van der Waals surface area contributed by atoms with Gasteiger partial charge in [-0.15, -0.1) is 0 Å². The van der Waals surface area contributed by atoms with Gasteiger partial charge in [-0.2, -0.15) is 4.31 Å². The van der Waals surface area contributed by atoms with Crippen molar-refractivity contribution in [2.24, 2.45) is 0 Å². The summed E-state index contributed by atoms with van der Waals surface area (Å²) in [5.74, 6) is -1.34. The molecule has 6 nitrogen and oxygen atoms in total. The van der Waals surface area contributed by atoms with Gasteiger partial charge in [0, 0.05) is 20.1 Å². The molecule has 0 amide bonds. The highest BCUT2D eigenvalue weighted by atomic mass is 32.2. The number of benzene rings is 1. The van der Waals surface area contributed by atoms with E-state index in [9.17, 15) is 13.2 Å². The average Bonchev–Trinajstić information content (AvgIpc) is 2.84. The fourth-order valence-electron chi connectivity index (χ4n) is 2.34. The molecule has 2 rings (SSSR count). The first-order valence-corrected chi connectivity index (χ1v) is 7.84. The van der Waals surface area contributed by atoms with Gasteiger partial charge < -0.3 is 9.84 Å². The molecular weight excluding hydrogens is 282 g/mol. The van der Waals surface area contributed by atoms with Gasteiger partial charge in [0.2, 0.25) is 10.0 Å². The number of carboxylic acids is 1. The molecule has 0 aliphatic carbocycles. The molecular formula is C13H17NO5S. The number of carbonyl (C=O) groups is 1. The zero-order chi connectivity index (χ0) is 14.8. The van der Waals surface area contributed by atoms with Crippen LogP contribution >= 0.6 is 0 Å². The molecule has 1 fully saturated rings. The standard InChI is InChI=1S/C13H17NO5S/c1-19-11-7-12(13(15)16)14(8-11)20(17,18)9-10-5-3-2-4-6-10/h2-6,11-12H,7-9H2,1H3,(H,15,16). The van der Waals surface area contributed by atoms with Crippen LogP contribution in [0.25, 0.3) is 0 Å². The van der Waals surface area contributed by atoms with Gasteiger partial charge in [-0.1, -0.05) is 30.3 Å². The summed E-state index contributed by atoms with van der Waals surface area (Å²) in [4.78, 5) is 11.2. The zero-order valence-electron chi connectivity index (χ0n) is 11.1. The van der Waals surface area contributed by atoms with Gasteiger partial charge in [0.1, 0.15) is 6.04 Å². The molecule has 1 N–H and O–H groups in total. The summed E-state index contributed by atoms with van der Waals surface area (Å²) >= 11 is 0. The normalized spacial score (nSPS) is 23.9. The second-order valence-corrected chi connectivity index (χ2v) is 6.68. The van der Waals surface area contributed by atoms with Crippen LogP contribution in [0.4, 0.5) is 0 Å². The Balaban J connectivity index is 2.21. The van der Waals surface area contributed by atoms with Crippen LogP contribution < -0.4 is 0 Å². The Bertz CT molecular complexity index is 572. The van der Waals surface area contributed by atoms with Crippen LogP contribution in [0.3, 0.4) is 0 Å². The summed E-state index contributed by atoms with van der Waals surface area (Å²) in [6.07, 6.45) is -0.193. The highest BCUT2D eigenvalue weighted by molar-refractivity contribution is 7.88. The lowest BCUT2D eigenvalue weighted by atomic mass is 10.2. The van der Waals surface area contributed by atoms with Gasteiger partial charge >= 0.3 is 5.97 Å². The highest BCUT2D eigenvalue weighted by Crippen LogP contribution is 2.25. The van der Waals surface area contributed by atoms with E-state index in [4.69, 9.17) is 9.84 Å². The molecule has 0 radical (unpaired) electrons. The minimum atomic E-state index is -3.68. The summed E-state index contributed by atoms with van der Waals surface area (Å²) in [5, 5.41) is 9.16. The Labute approximate surface area is 118 Å². The number of sulfonamides is 1. The summed E-state index contributed by atoms with van der Waals surface area (Å²) in [7, 11) is -2.22. The fourth-order valence-corrected chi connectivity index (χ4v) is 4.08.